The van der Waals surface area contributed by atoms with Crippen LogP contribution in [-0.4, -0.2) is 0 Å². The van der Waals surface area contributed by atoms with E-state index in [9.17, 15) is 0 Å². The van der Waals surface area contributed by atoms with Crippen LogP contribution in [0.4, 0.5) is 0 Å². The van der Waals surface area contributed by atoms with Crippen molar-refractivity contribution in [2.75, 3.05) is 0 Å². The zero-order valence-electron chi connectivity index (χ0n) is 12.3. The molecule has 0 heterocycles. The maximum absolute atomic E-state index is 2.89. The molecule has 0 N–H and O–H groups in total. The fourth-order valence-corrected chi connectivity index (χ4v) is 1.75. The molecule has 4 aromatic rings. The summed E-state index contributed by atoms with van der Waals surface area (Å²) in [5.74, 6) is 0. The summed E-state index contributed by atoms with van der Waals surface area (Å²) in [5, 5.41) is 2.66. The molecule has 0 nitrogen and oxygen atoms in total. The molecule has 0 fully saturated rings. The third kappa shape index (κ3) is 7.24. The number of benzene rings is 3. The summed E-state index contributed by atoms with van der Waals surface area (Å²) < 4.78 is 0. The van der Waals surface area contributed by atoms with Crippen molar-refractivity contribution in [1.82, 2.24) is 0 Å². The van der Waals surface area contributed by atoms with Gasteiger partial charge in [-0.3, -0.25) is 0 Å². The molecule has 0 bridgehead atoms. The first-order chi connectivity index (χ1) is 10.5. The van der Waals surface area contributed by atoms with E-state index in [2.05, 4.69) is 54.6 Å². The molecule has 0 saturated heterocycles. The van der Waals surface area contributed by atoms with E-state index >= 15 is 0 Å². The largest absolute Gasteiger partial charge is 3.00 e. The molecule has 22 heavy (non-hydrogen) atoms. The van der Waals surface area contributed by atoms with E-state index in [0.29, 0.717) is 0 Å². The Morgan fingerprint density at radius 2 is 1.14 bits per heavy atom. The molecule has 0 aliphatic heterocycles. The molecular formula is C21H17Zr. The number of hydrogen-bond donors (Lipinski definition) is 0. The number of rotatable bonds is 0. The van der Waals surface area contributed by atoms with Gasteiger partial charge in [0, 0.05) is 0 Å². The Morgan fingerprint density at radius 1 is 0.591 bits per heavy atom. The van der Waals surface area contributed by atoms with Gasteiger partial charge in [-0.2, -0.15) is 90.3 Å². The third-order valence-electron chi connectivity index (χ3n) is 2.76. The Bertz CT molecular complexity index is 584. The van der Waals surface area contributed by atoms with Crippen LogP contribution < -0.4 is 0 Å². The molecule has 0 atom stereocenters. The summed E-state index contributed by atoms with van der Waals surface area (Å²) in [7, 11) is 0. The van der Waals surface area contributed by atoms with Gasteiger partial charge in [0.05, 0.1) is 0 Å². The minimum atomic E-state index is 0. The predicted octanol–water partition coefficient (Wildman–Crippen LogP) is 5.53. The minimum Gasteiger partial charge on any atom is -0.184 e. The number of hydrogen-bond acceptors (Lipinski definition) is 0. The fourth-order valence-electron chi connectivity index (χ4n) is 1.75. The summed E-state index contributed by atoms with van der Waals surface area (Å²) >= 11 is 0. The molecule has 0 aliphatic carbocycles. The first kappa shape index (κ1) is 18.2. The minimum absolute atomic E-state index is 0. The van der Waals surface area contributed by atoms with Crippen LogP contribution >= 0.6 is 0 Å². The molecule has 0 amide bonds. The van der Waals surface area contributed by atoms with Crippen LogP contribution in [0.5, 0.6) is 0 Å². The molecule has 0 spiro atoms. The van der Waals surface area contributed by atoms with E-state index in [-0.39, 0.29) is 26.2 Å². The van der Waals surface area contributed by atoms with E-state index in [4.69, 9.17) is 0 Å². The van der Waals surface area contributed by atoms with Gasteiger partial charge in [0.15, 0.2) is 0 Å². The molecule has 0 aromatic heterocycles. The van der Waals surface area contributed by atoms with Crippen LogP contribution in [0.1, 0.15) is 0 Å². The van der Waals surface area contributed by atoms with Crippen molar-refractivity contribution in [3.63, 3.8) is 0 Å². The molecule has 0 aliphatic rings. The van der Waals surface area contributed by atoms with Crippen molar-refractivity contribution >= 4 is 10.8 Å². The SMILES string of the molecule is [Zr+3].[c-]1ccccc1.[c-]1ccccc1.c1ccc2[cH-]ccc2c1. The van der Waals surface area contributed by atoms with Crippen molar-refractivity contribution in [2.24, 2.45) is 0 Å². The molecular weight excluding hydrogens is 343 g/mol. The molecule has 4 aromatic carbocycles. The molecule has 0 saturated carbocycles. The summed E-state index contributed by atoms with van der Waals surface area (Å²) in [6.45, 7) is 0. The topological polar surface area (TPSA) is 0 Å². The summed E-state index contributed by atoms with van der Waals surface area (Å²) in [5.41, 5.74) is 0. The average molecular weight is 361 g/mol. The molecule has 4 rings (SSSR count). The maximum atomic E-state index is 2.89. The van der Waals surface area contributed by atoms with Crippen molar-refractivity contribution < 1.29 is 26.2 Å². The van der Waals surface area contributed by atoms with Crippen molar-refractivity contribution in [1.29, 1.82) is 0 Å². The Balaban J connectivity index is 0.000000167. The van der Waals surface area contributed by atoms with Gasteiger partial charge in [0.1, 0.15) is 0 Å². The zero-order valence-corrected chi connectivity index (χ0v) is 14.8. The van der Waals surface area contributed by atoms with E-state index in [1.54, 1.807) is 0 Å². The van der Waals surface area contributed by atoms with Crippen LogP contribution in [0.2, 0.25) is 0 Å². The Kier molecular flexibility index (Phi) is 9.74. The van der Waals surface area contributed by atoms with Crippen LogP contribution in [0.3, 0.4) is 0 Å². The van der Waals surface area contributed by atoms with Gasteiger partial charge >= 0.3 is 26.2 Å². The second kappa shape index (κ2) is 11.8. The standard InChI is InChI=1S/C9H7.2C6H5.Zr/c1-2-5-9-7-3-6-8(9)4-1;2*1-2-4-6-5-3-1;/h1-7H;2*1-5H;/q3*-1;+3. The maximum Gasteiger partial charge on any atom is 3.00 e. The van der Waals surface area contributed by atoms with E-state index in [0.717, 1.165) is 0 Å². The Morgan fingerprint density at radius 3 is 1.55 bits per heavy atom. The monoisotopic (exact) mass is 359 g/mol. The smallest absolute Gasteiger partial charge is 0.184 e. The van der Waals surface area contributed by atoms with Gasteiger partial charge in [-0.05, 0) is 0 Å². The third-order valence-corrected chi connectivity index (χ3v) is 2.76. The van der Waals surface area contributed by atoms with Gasteiger partial charge in [-0.25, -0.2) is 0 Å². The molecule has 1 radical (unpaired) electrons. The predicted molar refractivity (Wildman–Crippen MR) is 90.1 cm³/mol. The van der Waals surface area contributed by atoms with Crippen LogP contribution in [0.15, 0.2) is 103 Å². The van der Waals surface area contributed by atoms with Crippen molar-refractivity contribution in [3.05, 3.63) is 115 Å². The van der Waals surface area contributed by atoms with Crippen LogP contribution in [-0.2, 0) is 26.2 Å². The van der Waals surface area contributed by atoms with Gasteiger partial charge in [-0.1, -0.05) is 6.07 Å². The van der Waals surface area contributed by atoms with Gasteiger partial charge in [0.25, 0.3) is 0 Å². The Labute approximate surface area is 151 Å². The van der Waals surface area contributed by atoms with Crippen molar-refractivity contribution in [3.8, 4) is 0 Å². The van der Waals surface area contributed by atoms with E-state index in [1.165, 1.54) is 10.8 Å². The first-order valence-corrected chi connectivity index (χ1v) is 6.89. The fraction of sp³-hybridized carbons (Fsp3) is 0. The summed E-state index contributed by atoms with van der Waals surface area (Å²) in [6.07, 6.45) is 0. The van der Waals surface area contributed by atoms with Gasteiger partial charge < -0.3 is 0 Å². The molecule has 0 unspecified atom stereocenters. The quantitative estimate of drug-likeness (QED) is 0.362. The Hall–Kier alpha value is -1.85. The van der Waals surface area contributed by atoms with Gasteiger partial charge in [0.2, 0.25) is 0 Å². The normalized spacial score (nSPS) is 8.55. The summed E-state index contributed by atoms with van der Waals surface area (Å²) in [4.78, 5) is 0. The van der Waals surface area contributed by atoms with Crippen LogP contribution in [0, 0.1) is 12.1 Å². The second-order valence-electron chi connectivity index (χ2n) is 4.31. The second-order valence-corrected chi connectivity index (χ2v) is 4.31. The molecule has 1 heteroatoms. The number of fused-ring (bicyclic) bond motifs is 1. The average Bonchev–Trinajstić information content (AvgIpc) is 3.08. The van der Waals surface area contributed by atoms with E-state index in [1.807, 2.05) is 60.7 Å². The zero-order chi connectivity index (χ0) is 14.6. The van der Waals surface area contributed by atoms with E-state index < -0.39 is 0 Å². The molecule has 105 valence electrons. The summed E-state index contributed by atoms with van der Waals surface area (Å²) in [6, 6.07) is 39.7. The first-order valence-electron chi connectivity index (χ1n) is 6.89. The van der Waals surface area contributed by atoms with Gasteiger partial charge in [-0.15, -0.1) is 29.7 Å². The van der Waals surface area contributed by atoms with Crippen LogP contribution in [0.25, 0.3) is 10.8 Å². The van der Waals surface area contributed by atoms with Crippen molar-refractivity contribution in [2.45, 2.75) is 0 Å².